The zero-order valence-electron chi connectivity index (χ0n) is 12.6. The molecule has 132 valence electrons. The van der Waals surface area contributed by atoms with Gasteiger partial charge in [-0.3, -0.25) is 0 Å². The molecule has 0 bridgehead atoms. The molecular weight excluding hydrogens is 373 g/mol. The molecule has 1 aliphatic rings. The largest absolute Gasteiger partial charge is 0.416 e. The Bertz CT molecular complexity index is 906. The van der Waals surface area contributed by atoms with Gasteiger partial charge in [0.25, 0.3) is 0 Å². The van der Waals surface area contributed by atoms with Crippen molar-refractivity contribution in [2.75, 3.05) is 0 Å². The van der Waals surface area contributed by atoms with Gasteiger partial charge in [0.15, 0.2) is 0 Å². The Labute approximate surface area is 147 Å². The topological polar surface area (TPSA) is 72.2 Å². The number of nitrogens with two attached hydrogens (primary N) is 1. The monoisotopic (exact) mass is 386 g/mol. The van der Waals surface area contributed by atoms with Gasteiger partial charge in [0.2, 0.25) is 10.0 Å². The summed E-state index contributed by atoms with van der Waals surface area (Å²) in [5, 5.41) is 9.92. The Kier molecular flexibility index (Phi) is 4.56. The van der Waals surface area contributed by atoms with E-state index in [-0.39, 0.29) is 10.3 Å². The second-order valence-electron chi connectivity index (χ2n) is 5.38. The summed E-state index contributed by atoms with van der Waals surface area (Å²) in [4.78, 5) is 0.0233. The third-order valence-electron chi connectivity index (χ3n) is 3.64. The Balaban J connectivity index is 1.73. The first-order valence-corrected chi connectivity index (χ1v) is 9.56. The van der Waals surface area contributed by atoms with Gasteiger partial charge in [0.1, 0.15) is 5.37 Å². The van der Waals surface area contributed by atoms with E-state index in [0.29, 0.717) is 11.3 Å². The van der Waals surface area contributed by atoms with Crippen molar-refractivity contribution >= 4 is 27.5 Å². The molecule has 0 amide bonds. The first-order chi connectivity index (χ1) is 11.6. The first kappa shape index (κ1) is 17.8. The molecule has 3 N–H and O–H groups in total. The van der Waals surface area contributed by atoms with Gasteiger partial charge in [-0.15, -0.1) is 11.8 Å². The number of rotatable bonds is 3. The maximum Gasteiger partial charge on any atom is 0.416 e. The highest BCUT2D eigenvalue weighted by molar-refractivity contribution is 8.02. The summed E-state index contributed by atoms with van der Waals surface area (Å²) in [6, 6.07) is 11.0. The van der Waals surface area contributed by atoms with Crippen LogP contribution in [0.2, 0.25) is 0 Å². The zero-order valence-corrected chi connectivity index (χ0v) is 14.3. The van der Waals surface area contributed by atoms with Crippen LogP contribution in [0.25, 0.3) is 5.70 Å². The molecule has 0 aliphatic carbocycles. The molecule has 0 radical (unpaired) electrons. The van der Waals surface area contributed by atoms with Gasteiger partial charge in [-0.05, 0) is 40.8 Å². The van der Waals surface area contributed by atoms with Gasteiger partial charge in [-0.2, -0.15) is 13.2 Å². The first-order valence-electron chi connectivity index (χ1n) is 7.07. The summed E-state index contributed by atoms with van der Waals surface area (Å²) in [6.07, 6.45) is -4.36. The number of nitrogens with one attached hydrogen (secondary N) is 1. The van der Waals surface area contributed by atoms with E-state index >= 15 is 0 Å². The summed E-state index contributed by atoms with van der Waals surface area (Å²) in [5.41, 5.74) is 1.48. The normalized spacial score (nSPS) is 17.9. The molecule has 1 atom stereocenters. The zero-order chi connectivity index (χ0) is 18.2. The van der Waals surface area contributed by atoms with E-state index in [9.17, 15) is 21.6 Å². The van der Waals surface area contributed by atoms with Gasteiger partial charge in [0.05, 0.1) is 10.5 Å². The SMILES string of the molecule is NS(=O)(=O)c1ccc(C2NC(c3ccc(C(F)(F)F)cc3)=CS2)cc1. The van der Waals surface area contributed by atoms with E-state index in [0.717, 1.165) is 17.7 Å². The molecule has 0 saturated heterocycles. The third-order valence-corrected chi connectivity index (χ3v) is 5.61. The van der Waals surface area contributed by atoms with Crippen LogP contribution in [0.15, 0.2) is 58.8 Å². The predicted molar refractivity (Wildman–Crippen MR) is 90.7 cm³/mol. The van der Waals surface area contributed by atoms with Crippen LogP contribution in [0.4, 0.5) is 13.2 Å². The van der Waals surface area contributed by atoms with Gasteiger partial charge < -0.3 is 5.32 Å². The van der Waals surface area contributed by atoms with Crippen molar-refractivity contribution in [2.24, 2.45) is 5.14 Å². The molecule has 1 heterocycles. The molecule has 1 aliphatic heterocycles. The van der Waals surface area contributed by atoms with Crippen LogP contribution in [-0.4, -0.2) is 8.42 Å². The Morgan fingerprint density at radius 2 is 1.60 bits per heavy atom. The molecule has 9 heteroatoms. The number of hydrogen-bond acceptors (Lipinski definition) is 4. The quantitative estimate of drug-likeness (QED) is 0.844. The van der Waals surface area contributed by atoms with Crippen molar-refractivity contribution in [3.63, 3.8) is 0 Å². The van der Waals surface area contributed by atoms with Crippen molar-refractivity contribution in [2.45, 2.75) is 16.4 Å². The molecule has 2 aromatic rings. The van der Waals surface area contributed by atoms with E-state index in [1.807, 2.05) is 5.41 Å². The molecular formula is C16H13F3N2O2S2. The number of sulfonamides is 1. The van der Waals surface area contributed by atoms with Crippen LogP contribution in [0.3, 0.4) is 0 Å². The van der Waals surface area contributed by atoms with Crippen LogP contribution >= 0.6 is 11.8 Å². The highest BCUT2D eigenvalue weighted by Gasteiger charge is 2.30. The van der Waals surface area contributed by atoms with Crippen molar-refractivity contribution in [1.82, 2.24) is 5.32 Å². The number of primary sulfonamides is 1. The number of hydrogen-bond donors (Lipinski definition) is 2. The average Bonchev–Trinajstić information content (AvgIpc) is 3.03. The number of thioether (sulfide) groups is 1. The van der Waals surface area contributed by atoms with Gasteiger partial charge in [-0.1, -0.05) is 24.3 Å². The Morgan fingerprint density at radius 3 is 2.12 bits per heavy atom. The summed E-state index contributed by atoms with van der Waals surface area (Å²) in [6.45, 7) is 0. The third kappa shape index (κ3) is 4.00. The lowest BCUT2D eigenvalue weighted by Gasteiger charge is -2.14. The van der Waals surface area contributed by atoms with Crippen LogP contribution in [0.1, 0.15) is 22.1 Å². The molecule has 1 unspecified atom stereocenters. The molecule has 2 aromatic carbocycles. The summed E-state index contributed by atoms with van der Waals surface area (Å²) >= 11 is 1.45. The van der Waals surface area contributed by atoms with E-state index < -0.39 is 21.8 Å². The molecule has 3 rings (SSSR count). The van der Waals surface area contributed by atoms with E-state index in [1.165, 1.54) is 36.0 Å². The minimum absolute atomic E-state index is 0.0233. The van der Waals surface area contributed by atoms with Crippen LogP contribution in [0.5, 0.6) is 0 Å². The van der Waals surface area contributed by atoms with Gasteiger partial charge in [-0.25, -0.2) is 13.6 Å². The molecule has 25 heavy (non-hydrogen) atoms. The fourth-order valence-electron chi connectivity index (χ4n) is 2.33. The molecule has 0 spiro atoms. The van der Waals surface area contributed by atoms with E-state index in [4.69, 9.17) is 5.14 Å². The minimum Gasteiger partial charge on any atom is -0.368 e. The second kappa shape index (κ2) is 6.40. The average molecular weight is 386 g/mol. The number of alkyl halides is 3. The molecule has 4 nitrogen and oxygen atoms in total. The van der Waals surface area contributed by atoms with Crippen molar-refractivity contribution in [1.29, 1.82) is 0 Å². The Hall–Kier alpha value is -1.97. The highest BCUT2D eigenvalue weighted by atomic mass is 32.2. The molecule has 0 fully saturated rings. The summed E-state index contributed by atoms with van der Waals surface area (Å²) in [5.74, 6) is 0. The fourth-order valence-corrected chi connectivity index (χ4v) is 3.83. The van der Waals surface area contributed by atoms with Crippen LogP contribution in [0, 0.1) is 0 Å². The predicted octanol–water partition coefficient (Wildman–Crippen LogP) is 3.69. The van der Waals surface area contributed by atoms with Crippen molar-refractivity contribution < 1.29 is 21.6 Å². The Morgan fingerprint density at radius 1 is 1.00 bits per heavy atom. The van der Waals surface area contributed by atoms with Crippen LogP contribution in [-0.2, 0) is 16.2 Å². The highest BCUT2D eigenvalue weighted by Crippen LogP contribution is 2.38. The number of halogens is 3. The minimum atomic E-state index is -4.36. The summed E-state index contributed by atoms with van der Waals surface area (Å²) < 4.78 is 60.4. The fraction of sp³-hybridized carbons (Fsp3) is 0.125. The van der Waals surface area contributed by atoms with Crippen LogP contribution < -0.4 is 10.5 Å². The lowest BCUT2D eigenvalue weighted by atomic mass is 10.1. The van der Waals surface area contributed by atoms with Gasteiger partial charge in [0, 0.05) is 5.70 Å². The maximum absolute atomic E-state index is 12.6. The molecule has 0 aromatic heterocycles. The summed E-state index contributed by atoms with van der Waals surface area (Å²) in [7, 11) is -3.75. The lowest BCUT2D eigenvalue weighted by Crippen LogP contribution is -2.14. The lowest BCUT2D eigenvalue weighted by molar-refractivity contribution is -0.137. The van der Waals surface area contributed by atoms with Gasteiger partial charge >= 0.3 is 6.18 Å². The smallest absolute Gasteiger partial charge is 0.368 e. The second-order valence-corrected chi connectivity index (χ2v) is 7.92. The molecule has 0 saturated carbocycles. The van der Waals surface area contributed by atoms with Crippen molar-refractivity contribution in [3.8, 4) is 0 Å². The maximum atomic E-state index is 12.6. The van der Waals surface area contributed by atoms with Crippen molar-refractivity contribution in [3.05, 3.63) is 70.6 Å². The standard InChI is InChI=1S/C16H13F3N2O2S2/c17-16(18,19)12-5-1-10(2-6-12)14-9-24-15(21-14)11-3-7-13(8-4-11)25(20,22)23/h1-9,15,21H,(H2,20,22,23). The number of benzene rings is 2. The van der Waals surface area contributed by atoms with E-state index in [1.54, 1.807) is 12.1 Å². The van der Waals surface area contributed by atoms with E-state index in [2.05, 4.69) is 5.32 Å².